The van der Waals surface area contributed by atoms with E-state index in [4.69, 9.17) is 4.74 Å². The van der Waals surface area contributed by atoms with Crippen molar-refractivity contribution in [1.29, 1.82) is 0 Å². The number of nitrogens with zero attached hydrogens (tertiary/aromatic N) is 1. The van der Waals surface area contributed by atoms with Crippen molar-refractivity contribution in [2.75, 3.05) is 6.61 Å². The third-order valence-corrected chi connectivity index (χ3v) is 4.12. The van der Waals surface area contributed by atoms with Gasteiger partial charge < -0.3 is 14.6 Å². The second kappa shape index (κ2) is 7.81. The SMILES string of the molecule is CCn1c(C)cc(C(=O)OCC(=O)N[C@@H](C)c2ccccc2)c1C. The molecule has 0 saturated carbocycles. The van der Waals surface area contributed by atoms with E-state index in [1.807, 2.05) is 62.6 Å². The third kappa shape index (κ3) is 4.04. The van der Waals surface area contributed by atoms with Gasteiger partial charge in [-0.2, -0.15) is 0 Å². The van der Waals surface area contributed by atoms with Crippen molar-refractivity contribution in [3.63, 3.8) is 0 Å². The Hall–Kier alpha value is -2.56. The number of ether oxygens (including phenoxy) is 1. The first kappa shape index (κ1) is 17.8. The molecule has 24 heavy (non-hydrogen) atoms. The normalized spacial score (nSPS) is 11.8. The summed E-state index contributed by atoms with van der Waals surface area (Å²) in [6, 6.07) is 11.3. The zero-order valence-corrected chi connectivity index (χ0v) is 14.6. The van der Waals surface area contributed by atoms with Crippen molar-refractivity contribution in [2.45, 2.75) is 40.3 Å². The molecule has 1 amide bonds. The van der Waals surface area contributed by atoms with E-state index in [0.717, 1.165) is 23.5 Å². The van der Waals surface area contributed by atoms with Crippen molar-refractivity contribution in [3.8, 4) is 0 Å². The van der Waals surface area contributed by atoms with Gasteiger partial charge >= 0.3 is 5.97 Å². The van der Waals surface area contributed by atoms with Gasteiger partial charge in [0, 0.05) is 17.9 Å². The molecule has 2 rings (SSSR count). The molecular weight excluding hydrogens is 304 g/mol. The van der Waals surface area contributed by atoms with Gasteiger partial charge in [0.25, 0.3) is 5.91 Å². The molecule has 1 atom stereocenters. The molecule has 1 aromatic carbocycles. The summed E-state index contributed by atoms with van der Waals surface area (Å²) in [7, 11) is 0. The molecule has 1 heterocycles. The summed E-state index contributed by atoms with van der Waals surface area (Å²) < 4.78 is 7.19. The number of carbonyl (C=O) groups excluding carboxylic acids is 2. The van der Waals surface area contributed by atoms with Crippen LogP contribution in [-0.2, 0) is 16.1 Å². The second-order valence-electron chi connectivity index (χ2n) is 5.81. The summed E-state index contributed by atoms with van der Waals surface area (Å²) in [5.41, 5.74) is 3.38. The Morgan fingerprint density at radius 2 is 1.88 bits per heavy atom. The van der Waals surface area contributed by atoms with Crippen molar-refractivity contribution >= 4 is 11.9 Å². The summed E-state index contributed by atoms with van der Waals surface area (Å²) in [6.45, 7) is 8.25. The maximum absolute atomic E-state index is 12.2. The Balaban J connectivity index is 1.91. The maximum Gasteiger partial charge on any atom is 0.340 e. The van der Waals surface area contributed by atoms with E-state index in [1.54, 1.807) is 6.07 Å². The zero-order chi connectivity index (χ0) is 17.7. The first-order valence-electron chi connectivity index (χ1n) is 8.12. The van der Waals surface area contributed by atoms with Gasteiger partial charge in [0.1, 0.15) is 0 Å². The maximum atomic E-state index is 12.2. The Bertz CT molecular complexity index is 720. The van der Waals surface area contributed by atoms with E-state index >= 15 is 0 Å². The number of carbonyl (C=O) groups is 2. The molecule has 0 radical (unpaired) electrons. The number of aromatic nitrogens is 1. The smallest absolute Gasteiger partial charge is 0.340 e. The van der Waals surface area contributed by atoms with E-state index in [0.29, 0.717) is 5.56 Å². The van der Waals surface area contributed by atoms with Gasteiger partial charge in [0.05, 0.1) is 11.6 Å². The molecule has 0 bridgehead atoms. The average Bonchev–Trinajstić information content (AvgIpc) is 2.87. The number of benzene rings is 1. The van der Waals surface area contributed by atoms with Crippen LogP contribution in [-0.4, -0.2) is 23.1 Å². The molecule has 5 heteroatoms. The standard InChI is InChI=1S/C19H24N2O3/c1-5-21-13(2)11-17(15(21)4)19(23)24-12-18(22)20-14(3)16-9-7-6-8-10-16/h6-11,14H,5,12H2,1-4H3,(H,20,22)/t14-/m0/s1. The van der Waals surface area contributed by atoms with Gasteiger partial charge in [-0.3, -0.25) is 4.79 Å². The lowest BCUT2D eigenvalue weighted by Gasteiger charge is -2.14. The van der Waals surface area contributed by atoms with Crippen molar-refractivity contribution < 1.29 is 14.3 Å². The zero-order valence-electron chi connectivity index (χ0n) is 14.6. The van der Waals surface area contributed by atoms with Crippen LogP contribution in [0.3, 0.4) is 0 Å². The fraction of sp³-hybridized carbons (Fsp3) is 0.368. The number of esters is 1. The number of nitrogens with one attached hydrogen (secondary N) is 1. The Kier molecular flexibility index (Phi) is 5.79. The molecular formula is C19H24N2O3. The summed E-state index contributed by atoms with van der Waals surface area (Å²) in [5.74, 6) is -0.783. The van der Waals surface area contributed by atoms with Crippen LogP contribution in [0, 0.1) is 13.8 Å². The molecule has 1 aromatic heterocycles. The molecule has 2 aromatic rings. The molecule has 5 nitrogen and oxygen atoms in total. The van der Waals surface area contributed by atoms with Crippen LogP contribution in [0.1, 0.15) is 47.2 Å². The largest absolute Gasteiger partial charge is 0.452 e. The van der Waals surface area contributed by atoms with Gasteiger partial charge in [-0.1, -0.05) is 30.3 Å². The number of aryl methyl sites for hydroxylation is 1. The van der Waals surface area contributed by atoms with Crippen LogP contribution >= 0.6 is 0 Å². The minimum atomic E-state index is -0.467. The van der Waals surface area contributed by atoms with Crippen LogP contribution in [0.15, 0.2) is 36.4 Å². The first-order valence-corrected chi connectivity index (χ1v) is 8.12. The van der Waals surface area contributed by atoms with E-state index in [9.17, 15) is 9.59 Å². The second-order valence-corrected chi connectivity index (χ2v) is 5.81. The predicted molar refractivity (Wildman–Crippen MR) is 92.9 cm³/mol. The average molecular weight is 328 g/mol. The third-order valence-electron chi connectivity index (χ3n) is 4.12. The minimum absolute atomic E-state index is 0.137. The van der Waals surface area contributed by atoms with Gasteiger partial charge in [0.15, 0.2) is 6.61 Å². The molecule has 0 aliphatic carbocycles. The molecule has 128 valence electrons. The highest BCUT2D eigenvalue weighted by Gasteiger charge is 2.18. The fourth-order valence-electron chi connectivity index (χ4n) is 2.81. The van der Waals surface area contributed by atoms with Crippen LogP contribution in [0.25, 0.3) is 0 Å². The van der Waals surface area contributed by atoms with E-state index < -0.39 is 5.97 Å². The van der Waals surface area contributed by atoms with E-state index in [2.05, 4.69) is 5.32 Å². The van der Waals surface area contributed by atoms with Gasteiger partial charge in [0.2, 0.25) is 0 Å². The topological polar surface area (TPSA) is 60.3 Å². The van der Waals surface area contributed by atoms with Gasteiger partial charge in [-0.05, 0) is 39.3 Å². The summed E-state index contributed by atoms with van der Waals surface area (Å²) >= 11 is 0. The lowest BCUT2D eigenvalue weighted by molar-refractivity contribution is -0.124. The Labute approximate surface area is 142 Å². The number of hydrogen-bond acceptors (Lipinski definition) is 3. The highest BCUT2D eigenvalue weighted by molar-refractivity contribution is 5.92. The first-order chi connectivity index (χ1) is 11.4. The minimum Gasteiger partial charge on any atom is -0.452 e. The molecule has 0 fully saturated rings. The molecule has 0 saturated heterocycles. The molecule has 0 spiro atoms. The van der Waals surface area contributed by atoms with Crippen LogP contribution in [0.5, 0.6) is 0 Å². The summed E-state index contributed by atoms with van der Waals surface area (Å²) in [4.78, 5) is 24.2. The summed E-state index contributed by atoms with van der Waals surface area (Å²) in [5, 5.41) is 2.82. The van der Waals surface area contributed by atoms with Crippen LogP contribution < -0.4 is 5.32 Å². The monoisotopic (exact) mass is 328 g/mol. The lowest BCUT2D eigenvalue weighted by Crippen LogP contribution is -2.31. The quantitative estimate of drug-likeness (QED) is 0.829. The molecule has 0 unspecified atom stereocenters. The van der Waals surface area contributed by atoms with Crippen molar-refractivity contribution in [2.24, 2.45) is 0 Å². The molecule has 1 N–H and O–H groups in total. The van der Waals surface area contributed by atoms with Gasteiger partial charge in [-0.25, -0.2) is 4.79 Å². The number of amides is 1. The van der Waals surface area contributed by atoms with Crippen LogP contribution in [0.2, 0.25) is 0 Å². The van der Waals surface area contributed by atoms with Crippen molar-refractivity contribution in [1.82, 2.24) is 9.88 Å². The van der Waals surface area contributed by atoms with Crippen LogP contribution in [0.4, 0.5) is 0 Å². The highest BCUT2D eigenvalue weighted by atomic mass is 16.5. The Morgan fingerprint density at radius 3 is 2.46 bits per heavy atom. The molecule has 0 aliphatic rings. The summed E-state index contributed by atoms with van der Waals surface area (Å²) in [6.07, 6.45) is 0. The number of rotatable bonds is 6. The fourth-order valence-corrected chi connectivity index (χ4v) is 2.81. The Morgan fingerprint density at radius 1 is 1.21 bits per heavy atom. The van der Waals surface area contributed by atoms with E-state index in [-0.39, 0.29) is 18.6 Å². The lowest BCUT2D eigenvalue weighted by atomic mass is 10.1. The highest BCUT2D eigenvalue weighted by Crippen LogP contribution is 2.16. The van der Waals surface area contributed by atoms with Gasteiger partial charge in [-0.15, -0.1) is 0 Å². The number of hydrogen-bond donors (Lipinski definition) is 1. The predicted octanol–water partition coefficient (Wildman–Crippen LogP) is 3.16. The van der Waals surface area contributed by atoms with Crippen molar-refractivity contribution in [3.05, 3.63) is 58.9 Å². The molecule has 0 aliphatic heterocycles. The van der Waals surface area contributed by atoms with E-state index in [1.165, 1.54) is 0 Å².